The number of hydrogen-bond acceptors (Lipinski definition) is 6. The summed E-state index contributed by atoms with van der Waals surface area (Å²) in [5, 5.41) is 10.3. The molecule has 200 valence electrons. The quantitative estimate of drug-likeness (QED) is 0.375. The van der Waals surface area contributed by atoms with Gasteiger partial charge in [-0.1, -0.05) is 60.5 Å². The van der Waals surface area contributed by atoms with Crippen LogP contribution in [-0.2, 0) is 24.2 Å². The van der Waals surface area contributed by atoms with Gasteiger partial charge in [0.15, 0.2) is 14.9 Å². The fourth-order valence-corrected chi connectivity index (χ4v) is 6.57. The number of benzene rings is 2. The van der Waals surface area contributed by atoms with E-state index in [1.807, 2.05) is 0 Å². The lowest BCUT2D eigenvalue weighted by molar-refractivity contribution is -0.182. The molecule has 11 heteroatoms. The molecule has 1 fully saturated rings. The maximum atomic E-state index is 13.9. The highest BCUT2D eigenvalue weighted by atomic mass is 35.5. The zero-order chi connectivity index (χ0) is 27.4. The molecule has 38 heavy (non-hydrogen) atoms. The standard InChI is InChI=1S/C27H26Cl2N2O6S/c1-2-21(16-38(35,36)23-8-3-4-13-30-23)31-25(17-9-11-19(28)12-10-17)26(18-6-5-7-20(29)14-18)37-22(27(31)34)15-24(32)33/h3-14,21-22,25-26H,2,15-16H2,1H3,(H,32,33)/t21-,22+,25+,26+/m0/s1. The highest BCUT2D eigenvalue weighted by Gasteiger charge is 2.48. The van der Waals surface area contributed by atoms with E-state index in [1.54, 1.807) is 67.6 Å². The summed E-state index contributed by atoms with van der Waals surface area (Å²) in [4.78, 5) is 31.0. The van der Waals surface area contributed by atoms with E-state index >= 15 is 0 Å². The molecule has 3 aromatic rings. The number of aromatic nitrogens is 1. The van der Waals surface area contributed by atoms with E-state index < -0.39 is 58.2 Å². The highest BCUT2D eigenvalue weighted by molar-refractivity contribution is 7.91. The number of amides is 1. The average Bonchev–Trinajstić information content (AvgIpc) is 2.89. The number of carboxylic acid groups (broad SMARTS) is 1. The molecule has 2 aromatic carbocycles. The number of carbonyl (C=O) groups is 2. The Balaban J connectivity index is 1.86. The minimum Gasteiger partial charge on any atom is -0.481 e. The van der Waals surface area contributed by atoms with Crippen molar-refractivity contribution in [3.8, 4) is 0 Å². The summed E-state index contributed by atoms with van der Waals surface area (Å²) in [6, 6.07) is 16.7. The van der Waals surface area contributed by atoms with Crippen molar-refractivity contribution in [2.24, 2.45) is 0 Å². The van der Waals surface area contributed by atoms with Crippen LogP contribution >= 0.6 is 23.2 Å². The number of carboxylic acids is 1. The smallest absolute Gasteiger partial charge is 0.306 e. The van der Waals surface area contributed by atoms with Crippen molar-refractivity contribution in [3.63, 3.8) is 0 Å². The van der Waals surface area contributed by atoms with Crippen LogP contribution in [0.4, 0.5) is 0 Å². The van der Waals surface area contributed by atoms with Crippen molar-refractivity contribution >= 4 is 44.9 Å². The molecule has 2 heterocycles. The molecule has 0 aliphatic carbocycles. The molecule has 1 amide bonds. The molecular formula is C27H26Cl2N2O6S. The highest BCUT2D eigenvalue weighted by Crippen LogP contribution is 2.45. The molecule has 4 atom stereocenters. The van der Waals surface area contributed by atoms with Crippen molar-refractivity contribution in [1.82, 2.24) is 9.88 Å². The first-order chi connectivity index (χ1) is 18.1. The van der Waals surface area contributed by atoms with E-state index in [0.29, 0.717) is 21.2 Å². The topological polar surface area (TPSA) is 114 Å². The summed E-state index contributed by atoms with van der Waals surface area (Å²) in [5.41, 5.74) is 1.27. The lowest BCUT2D eigenvalue weighted by Gasteiger charge is -2.48. The van der Waals surface area contributed by atoms with Gasteiger partial charge in [0.1, 0.15) is 12.2 Å². The Kier molecular flexibility index (Phi) is 8.72. The molecule has 1 aliphatic rings. The predicted octanol–water partition coefficient (Wildman–Crippen LogP) is 5.13. The van der Waals surface area contributed by atoms with Gasteiger partial charge in [-0.25, -0.2) is 13.4 Å². The first-order valence-electron chi connectivity index (χ1n) is 11.9. The summed E-state index contributed by atoms with van der Waals surface area (Å²) in [5.74, 6) is -2.22. The van der Waals surface area contributed by atoms with Gasteiger partial charge in [-0.3, -0.25) is 9.59 Å². The average molecular weight is 577 g/mol. The van der Waals surface area contributed by atoms with Gasteiger partial charge < -0.3 is 14.7 Å². The zero-order valence-electron chi connectivity index (χ0n) is 20.4. The molecule has 4 rings (SSSR count). The molecule has 1 saturated heterocycles. The summed E-state index contributed by atoms with van der Waals surface area (Å²) in [6.07, 6.45) is -1.06. The zero-order valence-corrected chi connectivity index (χ0v) is 22.7. The third-order valence-electron chi connectivity index (χ3n) is 6.41. The van der Waals surface area contributed by atoms with E-state index in [1.165, 1.54) is 17.2 Å². The number of carbonyl (C=O) groups excluding carboxylic acids is 1. The fraction of sp³-hybridized carbons (Fsp3) is 0.296. The van der Waals surface area contributed by atoms with E-state index in [0.717, 1.165) is 0 Å². The van der Waals surface area contributed by atoms with Crippen LogP contribution in [0, 0.1) is 0 Å². The Labute approximate surface area is 231 Å². The van der Waals surface area contributed by atoms with Crippen LogP contribution in [0.1, 0.15) is 43.0 Å². The Morgan fingerprint density at radius 3 is 2.39 bits per heavy atom. The number of pyridine rings is 1. The van der Waals surface area contributed by atoms with Gasteiger partial charge in [0.25, 0.3) is 5.91 Å². The molecule has 1 N–H and O–H groups in total. The Hall–Kier alpha value is -2.98. The van der Waals surface area contributed by atoms with E-state index in [-0.39, 0.29) is 11.4 Å². The summed E-state index contributed by atoms with van der Waals surface area (Å²) >= 11 is 12.4. The third kappa shape index (κ3) is 6.18. The van der Waals surface area contributed by atoms with E-state index in [4.69, 9.17) is 27.9 Å². The van der Waals surface area contributed by atoms with E-state index in [2.05, 4.69) is 4.98 Å². The molecular weight excluding hydrogens is 551 g/mol. The number of morpholine rings is 1. The monoisotopic (exact) mass is 576 g/mol. The second-order valence-electron chi connectivity index (χ2n) is 8.95. The number of sulfone groups is 1. The van der Waals surface area contributed by atoms with Crippen LogP contribution in [0.5, 0.6) is 0 Å². The lowest BCUT2D eigenvalue weighted by Crippen LogP contribution is -2.56. The van der Waals surface area contributed by atoms with E-state index in [9.17, 15) is 23.1 Å². The Morgan fingerprint density at radius 2 is 1.79 bits per heavy atom. The first-order valence-corrected chi connectivity index (χ1v) is 14.4. The van der Waals surface area contributed by atoms with Crippen LogP contribution in [-0.4, -0.2) is 53.2 Å². The number of nitrogens with zero attached hydrogens (tertiary/aromatic N) is 2. The number of aliphatic carboxylic acids is 1. The Bertz CT molecular complexity index is 1400. The molecule has 1 aromatic heterocycles. The number of ether oxygens (including phenoxy) is 1. The van der Waals surface area contributed by atoms with Crippen LogP contribution in [0.3, 0.4) is 0 Å². The molecule has 8 nitrogen and oxygen atoms in total. The summed E-state index contributed by atoms with van der Waals surface area (Å²) < 4.78 is 32.8. The van der Waals surface area contributed by atoms with Crippen LogP contribution < -0.4 is 0 Å². The van der Waals surface area contributed by atoms with Gasteiger partial charge in [-0.2, -0.15) is 0 Å². The van der Waals surface area contributed by atoms with Crippen LogP contribution in [0.25, 0.3) is 0 Å². The predicted molar refractivity (Wildman–Crippen MR) is 143 cm³/mol. The van der Waals surface area contributed by atoms with Gasteiger partial charge in [-0.15, -0.1) is 0 Å². The van der Waals surface area contributed by atoms with Crippen molar-refractivity contribution in [3.05, 3.63) is 94.1 Å². The molecule has 0 saturated carbocycles. The maximum Gasteiger partial charge on any atom is 0.306 e. The van der Waals surface area contributed by atoms with Gasteiger partial charge >= 0.3 is 5.97 Å². The number of hydrogen-bond donors (Lipinski definition) is 1. The first kappa shape index (κ1) is 28.0. The Morgan fingerprint density at radius 1 is 1.05 bits per heavy atom. The van der Waals surface area contributed by atoms with Gasteiger partial charge in [0.05, 0.1) is 18.2 Å². The van der Waals surface area contributed by atoms with Crippen molar-refractivity contribution in [2.75, 3.05) is 5.75 Å². The molecule has 0 bridgehead atoms. The largest absolute Gasteiger partial charge is 0.481 e. The third-order valence-corrected chi connectivity index (χ3v) is 8.60. The van der Waals surface area contributed by atoms with Crippen LogP contribution in [0.2, 0.25) is 10.0 Å². The van der Waals surface area contributed by atoms with Gasteiger partial charge in [0, 0.05) is 22.3 Å². The number of halogens is 2. The SMILES string of the molecule is CC[C@@H](CS(=O)(=O)c1ccccn1)N1C(=O)[C@@H](CC(=O)O)O[C@H](c2cccc(Cl)c2)[C@H]1c1ccc(Cl)cc1. The van der Waals surface area contributed by atoms with Gasteiger partial charge in [0.2, 0.25) is 0 Å². The van der Waals surface area contributed by atoms with Crippen LogP contribution in [0.15, 0.2) is 78.0 Å². The molecule has 0 spiro atoms. The lowest BCUT2D eigenvalue weighted by atomic mass is 9.89. The van der Waals surface area contributed by atoms with Gasteiger partial charge in [-0.05, 0) is 53.9 Å². The maximum absolute atomic E-state index is 13.9. The normalized spacial score (nSPS) is 20.8. The molecule has 0 unspecified atom stereocenters. The summed E-state index contributed by atoms with van der Waals surface area (Å²) in [6.45, 7) is 1.78. The second-order valence-corrected chi connectivity index (χ2v) is 11.8. The van der Waals surface area contributed by atoms with Crippen molar-refractivity contribution in [2.45, 2.75) is 49.1 Å². The molecule has 1 aliphatic heterocycles. The second kappa shape index (κ2) is 11.8. The minimum atomic E-state index is -3.89. The van der Waals surface area contributed by atoms with Crippen molar-refractivity contribution in [1.29, 1.82) is 0 Å². The fourth-order valence-electron chi connectivity index (χ4n) is 4.66. The minimum absolute atomic E-state index is 0.101. The number of rotatable bonds is 9. The van der Waals surface area contributed by atoms with Crippen molar-refractivity contribution < 1.29 is 27.9 Å². The summed E-state index contributed by atoms with van der Waals surface area (Å²) in [7, 11) is -3.89. The molecule has 0 radical (unpaired) electrons.